The first kappa shape index (κ1) is 14.3. The molecule has 1 aliphatic heterocycles. The van der Waals surface area contributed by atoms with Crippen molar-refractivity contribution in [1.29, 1.82) is 0 Å². The van der Waals surface area contributed by atoms with E-state index in [0.717, 1.165) is 16.8 Å². The zero-order chi connectivity index (χ0) is 15.5. The molecule has 0 saturated carbocycles. The minimum absolute atomic E-state index is 0.0242. The third-order valence-corrected chi connectivity index (χ3v) is 3.67. The highest BCUT2D eigenvalue weighted by Crippen LogP contribution is 2.22. The predicted octanol–water partition coefficient (Wildman–Crippen LogP) is 2.15. The van der Waals surface area contributed by atoms with E-state index in [0.29, 0.717) is 0 Å². The Morgan fingerprint density at radius 3 is 2.18 bits per heavy atom. The topological polar surface area (TPSA) is 60.9 Å². The van der Waals surface area contributed by atoms with Gasteiger partial charge in [-0.3, -0.25) is 14.6 Å². The fourth-order valence-corrected chi connectivity index (χ4v) is 2.44. The monoisotopic (exact) mass is 296 g/mol. The number of aliphatic hydroxyl groups excluding tert-OH is 1. The fourth-order valence-electron chi connectivity index (χ4n) is 2.44. The number of amides is 3. The van der Waals surface area contributed by atoms with Crippen molar-refractivity contribution in [1.82, 2.24) is 4.90 Å². The number of anilines is 1. The van der Waals surface area contributed by atoms with Crippen molar-refractivity contribution in [2.75, 3.05) is 11.4 Å². The van der Waals surface area contributed by atoms with Gasteiger partial charge in [0, 0.05) is 5.69 Å². The molecule has 3 amide bonds. The van der Waals surface area contributed by atoms with Crippen molar-refractivity contribution in [3.05, 3.63) is 65.7 Å². The number of hydrogen-bond acceptors (Lipinski definition) is 3. The number of benzene rings is 2. The molecule has 1 heterocycles. The van der Waals surface area contributed by atoms with Crippen LogP contribution in [0, 0.1) is 0 Å². The second kappa shape index (κ2) is 5.99. The van der Waals surface area contributed by atoms with Gasteiger partial charge in [-0.25, -0.2) is 4.79 Å². The van der Waals surface area contributed by atoms with E-state index in [2.05, 4.69) is 0 Å². The van der Waals surface area contributed by atoms with Crippen molar-refractivity contribution in [2.24, 2.45) is 0 Å². The number of urea groups is 1. The molecule has 1 fully saturated rings. The zero-order valence-electron chi connectivity index (χ0n) is 12.0. The summed E-state index contributed by atoms with van der Waals surface area (Å²) in [4.78, 5) is 27.3. The number of nitrogens with zero attached hydrogens (tertiary/aromatic N) is 2. The van der Waals surface area contributed by atoms with Crippen molar-refractivity contribution in [3.8, 4) is 0 Å². The summed E-state index contributed by atoms with van der Waals surface area (Å²) in [5.74, 6) is -0.208. The van der Waals surface area contributed by atoms with Crippen molar-refractivity contribution in [2.45, 2.75) is 13.2 Å². The van der Waals surface area contributed by atoms with E-state index < -0.39 is 0 Å². The molecule has 5 nitrogen and oxygen atoms in total. The van der Waals surface area contributed by atoms with E-state index >= 15 is 0 Å². The van der Waals surface area contributed by atoms with Gasteiger partial charge in [0.05, 0.1) is 13.2 Å². The van der Waals surface area contributed by atoms with E-state index in [1.807, 2.05) is 42.5 Å². The van der Waals surface area contributed by atoms with Gasteiger partial charge in [-0.2, -0.15) is 0 Å². The van der Waals surface area contributed by atoms with E-state index in [1.54, 1.807) is 12.1 Å². The van der Waals surface area contributed by atoms with Crippen LogP contribution in [0.4, 0.5) is 10.5 Å². The van der Waals surface area contributed by atoms with Gasteiger partial charge in [0.25, 0.3) is 5.91 Å². The van der Waals surface area contributed by atoms with Gasteiger partial charge in [0.15, 0.2) is 0 Å². The number of imide groups is 1. The van der Waals surface area contributed by atoms with Gasteiger partial charge in [-0.1, -0.05) is 42.5 Å². The van der Waals surface area contributed by atoms with Crippen LogP contribution in [0.1, 0.15) is 11.1 Å². The lowest BCUT2D eigenvalue weighted by molar-refractivity contribution is -0.125. The van der Waals surface area contributed by atoms with E-state index in [1.165, 1.54) is 9.80 Å². The maximum absolute atomic E-state index is 12.4. The Balaban J connectivity index is 1.77. The molecular formula is C17H16N2O3. The van der Waals surface area contributed by atoms with Crippen LogP contribution in [-0.2, 0) is 17.9 Å². The molecule has 112 valence electrons. The normalized spacial score (nSPS) is 14.8. The van der Waals surface area contributed by atoms with E-state index in [9.17, 15) is 9.59 Å². The van der Waals surface area contributed by atoms with Crippen LogP contribution in [-0.4, -0.2) is 28.5 Å². The molecule has 0 bridgehead atoms. The lowest BCUT2D eigenvalue weighted by Crippen LogP contribution is -2.32. The SMILES string of the molecule is O=C1CN(c2ccccc2)C(=O)N1Cc1ccc(CO)cc1. The molecule has 2 aromatic rings. The van der Waals surface area contributed by atoms with Crippen molar-refractivity contribution in [3.63, 3.8) is 0 Å². The Hall–Kier alpha value is -2.66. The number of rotatable bonds is 4. The Bertz CT molecular complexity index is 683. The van der Waals surface area contributed by atoms with Crippen LogP contribution in [0.25, 0.3) is 0 Å². The van der Waals surface area contributed by atoms with Gasteiger partial charge in [-0.05, 0) is 23.3 Å². The summed E-state index contributed by atoms with van der Waals surface area (Å²) >= 11 is 0. The molecule has 0 radical (unpaired) electrons. The Kier molecular flexibility index (Phi) is 3.89. The Labute approximate surface area is 128 Å². The Morgan fingerprint density at radius 2 is 1.55 bits per heavy atom. The summed E-state index contributed by atoms with van der Waals surface area (Å²) in [5, 5.41) is 9.03. The second-order valence-electron chi connectivity index (χ2n) is 5.16. The Morgan fingerprint density at radius 1 is 0.909 bits per heavy atom. The molecule has 2 aromatic carbocycles. The van der Waals surface area contributed by atoms with Crippen molar-refractivity contribution < 1.29 is 14.7 Å². The molecule has 5 heteroatoms. The molecule has 0 atom stereocenters. The van der Waals surface area contributed by atoms with Crippen LogP contribution in [0.15, 0.2) is 54.6 Å². The first-order chi connectivity index (χ1) is 10.7. The summed E-state index contributed by atoms with van der Waals surface area (Å²) < 4.78 is 0. The van der Waals surface area contributed by atoms with Gasteiger partial charge >= 0.3 is 6.03 Å². The first-order valence-corrected chi connectivity index (χ1v) is 7.04. The van der Waals surface area contributed by atoms with Crippen LogP contribution in [0.3, 0.4) is 0 Å². The molecule has 0 aromatic heterocycles. The summed E-state index contributed by atoms with van der Waals surface area (Å²) in [6.07, 6.45) is 0. The molecule has 22 heavy (non-hydrogen) atoms. The maximum Gasteiger partial charge on any atom is 0.332 e. The lowest BCUT2D eigenvalue weighted by Gasteiger charge is -2.17. The third kappa shape index (κ3) is 2.71. The van der Waals surface area contributed by atoms with Gasteiger partial charge in [-0.15, -0.1) is 0 Å². The maximum atomic E-state index is 12.4. The zero-order valence-corrected chi connectivity index (χ0v) is 12.0. The molecular weight excluding hydrogens is 280 g/mol. The fraction of sp³-hybridized carbons (Fsp3) is 0.176. The number of carbonyl (C=O) groups is 2. The number of aliphatic hydroxyl groups is 1. The summed E-state index contributed by atoms with van der Waals surface area (Å²) in [6, 6.07) is 16.1. The third-order valence-electron chi connectivity index (χ3n) is 3.67. The predicted molar refractivity (Wildman–Crippen MR) is 82.1 cm³/mol. The molecule has 0 unspecified atom stereocenters. The standard InChI is InChI=1S/C17H16N2O3/c20-12-14-8-6-13(7-9-14)10-19-16(21)11-18(17(19)22)15-4-2-1-3-5-15/h1-9,20H,10-12H2. The summed E-state index contributed by atoms with van der Waals surface area (Å²) in [6.45, 7) is 0.286. The van der Waals surface area contributed by atoms with Crippen LogP contribution in [0.2, 0.25) is 0 Å². The largest absolute Gasteiger partial charge is 0.392 e. The smallest absolute Gasteiger partial charge is 0.332 e. The molecule has 1 aliphatic rings. The summed E-state index contributed by atoms with van der Waals surface area (Å²) in [7, 11) is 0. The molecule has 0 spiro atoms. The number of para-hydroxylation sites is 1. The summed E-state index contributed by atoms with van der Waals surface area (Å²) in [5.41, 5.74) is 2.38. The van der Waals surface area contributed by atoms with Gasteiger partial charge in [0.1, 0.15) is 6.54 Å². The van der Waals surface area contributed by atoms with E-state index in [-0.39, 0.29) is 31.6 Å². The lowest BCUT2D eigenvalue weighted by atomic mass is 10.1. The highest BCUT2D eigenvalue weighted by molar-refractivity contribution is 6.12. The number of hydrogen-bond donors (Lipinski definition) is 1. The second-order valence-corrected chi connectivity index (χ2v) is 5.16. The molecule has 3 rings (SSSR count). The van der Waals surface area contributed by atoms with Crippen LogP contribution in [0.5, 0.6) is 0 Å². The average Bonchev–Trinajstić information content (AvgIpc) is 2.84. The van der Waals surface area contributed by atoms with Crippen molar-refractivity contribution >= 4 is 17.6 Å². The molecule has 1 N–H and O–H groups in total. The molecule has 0 aliphatic carbocycles. The average molecular weight is 296 g/mol. The van der Waals surface area contributed by atoms with Gasteiger partial charge < -0.3 is 5.11 Å². The van der Waals surface area contributed by atoms with E-state index in [4.69, 9.17) is 5.11 Å². The van der Waals surface area contributed by atoms with Crippen LogP contribution >= 0.6 is 0 Å². The number of carbonyl (C=O) groups excluding carboxylic acids is 2. The molecule has 1 saturated heterocycles. The quantitative estimate of drug-likeness (QED) is 0.879. The van der Waals surface area contributed by atoms with Crippen LogP contribution < -0.4 is 4.90 Å². The highest BCUT2D eigenvalue weighted by atomic mass is 16.3. The van der Waals surface area contributed by atoms with Gasteiger partial charge in [0.2, 0.25) is 0 Å². The minimum atomic E-state index is -0.303. The first-order valence-electron chi connectivity index (χ1n) is 7.04. The highest BCUT2D eigenvalue weighted by Gasteiger charge is 2.36. The minimum Gasteiger partial charge on any atom is -0.392 e.